The Bertz CT molecular complexity index is 674. The third kappa shape index (κ3) is 3.96. The lowest BCUT2D eigenvalue weighted by atomic mass is 10.0. The highest BCUT2D eigenvalue weighted by molar-refractivity contribution is 5.91. The van der Waals surface area contributed by atoms with Gasteiger partial charge in [0.15, 0.2) is 5.82 Å². The number of hydrogen-bond donors (Lipinski definition) is 3. The molecule has 1 fully saturated rings. The first-order valence-electron chi connectivity index (χ1n) is 8.03. The molecule has 1 amide bonds. The molecule has 1 aliphatic rings. The number of carbonyl (C=O) groups excluding carboxylic acids is 1. The molecule has 0 aliphatic heterocycles. The number of benzene rings is 1. The molecule has 2 aromatic rings. The van der Waals surface area contributed by atoms with E-state index in [1.54, 1.807) is 0 Å². The van der Waals surface area contributed by atoms with Gasteiger partial charge in [0.25, 0.3) is 0 Å². The summed E-state index contributed by atoms with van der Waals surface area (Å²) in [6, 6.07) is 7.41. The van der Waals surface area contributed by atoms with E-state index in [-0.39, 0.29) is 18.2 Å². The number of anilines is 1. The smallest absolute Gasteiger partial charge is 0.226 e. The lowest BCUT2D eigenvalue weighted by Crippen LogP contribution is -2.23. The molecule has 0 radical (unpaired) electrons. The molecule has 3 N–H and O–H groups in total. The SMILES string of the molecule is CC(C)C(O)CC(=O)Nc1ccc(-c2n[nH]c(C3CC3)n2)cc1. The van der Waals surface area contributed by atoms with Crippen molar-refractivity contribution >= 4 is 11.6 Å². The number of nitrogens with zero attached hydrogens (tertiary/aromatic N) is 2. The summed E-state index contributed by atoms with van der Waals surface area (Å²) in [4.78, 5) is 16.4. The molecule has 6 nitrogen and oxygen atoms in total. The van der Waals surface area contributed by atoms with Gasteiger partial charge < -0.3 is 10.4 Å². The molecule has 1 saturated carbocycles. The van der Waals surface area contributed by atoms with Gasteiger partial charge in [0, 0.05) is 17.2 Å². The van der Waals surface area contributed by atoms with Gasteiger partial charge in [-0.2, -0.15) is 5.10 Å². The maximum Gasteiger partial charge on any atom is 0.226 e. The molecule has 0 spiro atoms. The Morgan fingerprint density at radius 3 is 2.65 bits per heavy atom. The van der Waals surface area contributed by atoms with Crippen LogP contribution in [0.2, 0.25) is 0 Å². The van der Waals surface area contributed by atoms with E-state index in [2.05, 4.69) is 20.5 Å². The first kappa shape index (κ1) is 15.7. The van der Waals surface area contributed by atoms with Crippen molar-refractivity contribution in [2.75, 3.05) is 5.32 Å². The third-order valence-corrected chi connectivity index (χ3v) is 4.06. The standard InChI is InChI=1S/C17H22N4O2/c1-10(2)14(22)9-15(23)18-13-7-5-12(6-8-13)17-19-16(20-21-17)11-3-4-11/h5-8,10-11,14,22H,3-4,9H2,1-2H3,(H,18,23)(H,19,20,21). The molecule has 1 aliphatic carbocycles. The number of aromatic amines is 1. The number of carbonyl (C=O) groups is 1. The summed E-state index contributed by atoms with van der Waals surface area (Å²) in [5.74, 6) is 2.06. The summed E-state index contributed by atoms with van der Waals surface area (Å²) >= 11 is 0. The van der Waals surface area contributed by atoms with E-state index in [1.165, 1.54) is 12.8 Å². The number of amides is 1. The van der Waals surface area contributed by atoms with Crippen LogP contribution in [0.25, 0.3) is 11.4 Å². The number of hydrogen-bond acceptors (Lipinski definition) is 4. The van der Waals surface area contributed by atoms with Crippen molar-refractivity contribution in [3.05, 3.63) is 30.1 Å². The topological polar surface area (TPSA) is 90.9 Å². The van der Waals surface area contributed by atoms with Gasteiger partial charge >= 0.3 is 0 Å². The Hall–Kier alpha value is -2.21. The van der Waals surface area contributed by atoms with Crippen LogP contribution in [0.5, 0.6) is 0 Å². The summed E-state index contributed by atoms with van der Waals surface area (Å²) in [5, 5.41) is 19.8. The van der Waals surface area contributed by atoms with Crippen molar-refractivity contribution in [3.63, 3.8) is 0 Å². The monoisotopic (exact) mass is 314 g/mol. The molecule has 1 aromatic carbocycles. The lowest BCUT2D eigenvalue weighted by molar-refractivity contribution is -0.118. The maximum absolute atomic E-state index is 11.9. The number of aliphatic hydroxyl groups excluding tert-OH is 1. The van der Waals surface area contributed by atoms with E-state index in [0.29, 0.717) is 17.4 Å². The predicted octanol–water partition coefficient (Wildman–Crippen LogP) is 2.69. The Morgan fingerprint density at radius 1 is 1.35 bits per heavy atom. The van der Waals surface area contributed by atoms with E-state index >= 15 is 0 Å². The summed E-state index contributed by atoms with van der Waals surface area (Å²) in [6.07, 6.45) is 1.85. The van der Waals surface area contributed by atoms with Crippen molar-refractivity contribution in [1.29, 1.82) is 0 Å². The van der Waals surface area contributed by atoms with Crippen LogP contribution in [-0.2, 0) is 4.79 Å². The van der Waals surface area contributed by atoms with Gasteiger partial charge in [-0.15, -0.1) is 0 Å². The Kier molecular flexibility index (Phi) is 4.43. The number of aliphatic hydroxyl groups is 1. The van der Waals surface area contributed by atoms with Gasteiger partial charge in [-0.3, -0.25) is 9.89 Å². The lowest BCUT2D eigenvalue weighted by Gasteiger charge is -2.14. The van der Waals surface area contributed by atoms with Crippen molar-refractivity contribution in [3.8, 4) is 11.4 Å². The molecular weight excluding hydrogens is 292 g/mol. The molecule has 1 atom stereocenters. The number of nitrogens with one attached hydrogen (secondary N) is 2. The maximum atomic E-state index is 11.9. The average Bonchev–Trinajstić information content (AvgIpc) is 3.25. The van der Waals surface area contributed by atoms with Crippen LogP contribution in [0.4, 0.5) is 5.69 Å². The Morgan fingerprint density at radius 2 is 2.04 bits per heavy atom. The van der Waals surface area contributed by atoms with Crippen molar-refractivity contribution in [2.45, 2.75) is 45.1 Å². The van der Waals surface area contributed by atoms with Crippen LogP contribution in [-0.4, -0.2) is 32.3 Å². The summed E-state index contributed by atoms with van der Waals surface area (Å²) < 4.78 is 0. The van der Waals surface area contributed by atoms with Crippen LogP contribution in [0.15, 0.2) is 24.3 Å². The molecule has 23 heavy (non-hydrogen) atoms. The molecule has 122 valence electrons. The fourth-order valence-corrected chi connectivity index (χ4v) is 2.28. The Balaban J connectivity index is 1.61. The molecule has 0 bridgehead atoms. The minimum Gasteiger partial charge on any atom is -0.392 e. The van der Waals surface area contributed by atoms with Gasteiger partial charge in [0.05, 0.1) is 12.5 Å². The minimum absolute atomic E-state index is 0.0644. The van der Waals surface area contributed by atoms with Gasteiger partial charge in [-0.25, -0.2) is 4.98 Å². The predicted molar refractivity (Wildman–Crippen MR) is 87.9 cm³/mol. The molecule has 3 rings (SSSR count). The second kappa shape index (κ2) is 6.50. The molecule has 1 heterocycles. The van der Waals surface area contributed by atoms with Crippen LogP contribution in [0.3, 0.4) is 0 Å². The molecule has 1 aromatic heterocycles. The summed E-state index contributed by atoms with van der Waals surface area (Å²) in [5.41, 5.74) is 1.61. The average molecular weight is 314 g/mol. The van der Waals surface area contributed by atoms with E-state index in [4.69, 9.17) is 0 Å². The highest BCUT2D eigenvalue weighted by atomic mass is 16.3. The van der Waals surface area contributed by atoms with Crippen molar-refractivity contribution in [1.82, 2.24) is 15.2 Å². The van der Waals surface area contributed by atoms with Crippen LogP contribution in [0, 0.1) is 5.92 Å². The van der Waals surface area contributed by atoms with E-state index < -0.39 is 6.10 Å². The fraction of sp³-hybridized carbons (Fsp3) is 0.471. The first-order valence-corrected chi connectivity index (χ1v) is 8.03. The third-order valence-electron chi connectivity index (χ3n) is 4.06. The highest BCUT2D eigenvalue weighted by Crippen LogP contribution is 2.38. The molecule has 6 heteroatoms. The largest absolute Gasteiger partial charge is 0.392 e. The van der Waals surface area contributed by atoms with Crippen LogP contribution in [0.1, 0.15) is 44.9 Å². The van der Waals surface area contributed by atoms with Gasteiger partial charge in [-0.05, 0) is 43.0 Å². The normalized spacial score (nSPS) is 15.7. The van der Waals surface area contributed by atoms with Crippen molar-refractivity contribution < 1.29 is 9.90 Å². The highest BCUT2D eigenvalue weighted by Gasteiger charge is 2.27. The van der Waals surface area contributed by atoms with E-state index in [1.807, 2.05) is 38.1 Å². The van der Waals surface area contributed by atoms with Crippen LogP contribution >= 0.6 is 0 Å². The van der Waals surface area contributed by atoms with E-state index in [0.717, 1.165) is 11.4 Å². The Labute approximate surface area is 135 Å². The van der Waals surface area contributed by atoms with Gasteiger partial charge in [0.2, 0.25) is 5.91 Å². The number of rotatable bonds is 6. The number of aromatic nitrogens is 3. The molecule has 1 unspecified atom stereocenters. The van der Waals surface area contributed by atoms with Crippen molar-refractivity contribution in [2.24, 2.45) is 5.92 Å². The zero-order chi connectivity index (χ0) is 16.4. The second-order valence-corrected chi connectivity index (χ2v) is 6.46. The first-order chi connectivity index (χ1) is 11.0. The second-order valence-electron chi connectivity index (χ2n) is 6.46. The summed E-state index contributed by atoms with van der Waals surface area (Å²) in [7, 11) is 0. The number of H-pyrrole nitrogens is 1. The molecule has 0 saturated heterocycles. The fourth-order valence-electron chi connectivity index (χ4n) is 2.28. The van der Waals surface area contributed by atoms with Gasteiger partial charge in [-0.1, -0.05) is 13.8 Å². The van der Waals surface area contributed by atoms with Crippen LogP contribution < -0.4 is 5.32 Å². The zero-order valence-corrected chi connectivity index (χ0v) is 13.4. The van der Waals surface area contributed by atoms with E-state index in [9.17, 15) is 9.90 Å². The zero-order valence-electron chi connectivity index (χ0n) is 13.4. The van der Waals surface area contributed by atoms with Gasteiger partial charge in [0.1, 0.15) is 5.82 Å². The minimum atomic E-state index is -0.622. The summed E-state index contributed by atoms with van der Waals surface area (Å²) in [6.45, 7) is 3.78. The quantitative estimate of drug-likeness (QED) is 0.764. The molecular formula is C17H22N4O2.